The van der Waals surface area contributed by atoms with Gasteiger partial charge in [0.25, 0.3) is 0 Å². The second-order valence-electron chi connectivity index (χ2n) is 4.05. The minimum Gasteiger partial charge on any atom is -0.359 e. The molecule has 15 heavy (non-hydrogen) atoms. The summed E-state index contributed by atoms with van der Waals surface area (Å²) in [6.45, 7) is 1.98. The zero-order chi connectivity index (χ0) is 11.1. The maximum absolute atomic E-state index is 10.2. The average Bonchev–Trinajstić information content (AvgIpc) is 2.96. The lowest BCUT2D eigenvalue weighted by atomic mass is 10.2. The number of hydrogen-bond donors (Lipinski definition) is 0. The van der Waals surface area contributed by atoms with Gasteiger partial charge in [-0.3, -0.25) is 0 Å². The standard InChI is InChI=1S/C12H19O2P/c1-10(14-15)5-3-2-4-6-11-9-12(11)7-8-13/h2-5,8,10-12H,6-7,9,15H2,1H3/b4-2-,5-3+/t10?,11-,12-/m1/s1. The van der Waals surface area contributed by atoms with E-state index in [0.717, 1.165) is 25.0 Å². The van der Waals surface area contributed by atoms with E-state index in [4.69, 9.17) is 4.52 Å². The molecule has 2 unspecified atom stereocenters. The molecule has 2 nitrogen and oxygen atoms in total. The molecule has 4 atom stereocenters. The summed E-state index contributed by atoms with van der Waals surface area (Å²) < 4.78 is 5.00. The van der Waals surface area contributed by atoms with Gasteiger partial charge in [0.05, 0.1) is 6.10 Å². The fraction of sp³-hybridized carbons (Fsp3) is 0.583. The van der Waals surface area contributed by atoms with Crippen LogP contribution in [0.25, 0.3) is 0 Å². The highest BCUT2D eigenvalue weighted by Gasteiger charge is 2.34. The third-order valence-electron chi connectivity index (χ3n) is 2.75. The van der Waals surface area contributed by atoms with E-state index >= 15 is 0 Å². The molecule has 0 saturated heterocycles. The summed E-state index contributed by atoms with van der Waals surface area (Å²) in [7, 11) is 2.25. The highest BCUT2D eigenvalue weighted by atomic mass is 31.0. The van der Waals surface area contributed by atoms with E-state index < -0.39 is 0 Å². The molecule has 3 heteroatoms. The SMILES string of the molecule is CC(/C=C/C=C\C[C@@H]1C[C@H]1CC=O)OP. The van der Waals surface area contributed by atoms with Crippen LogP contribution in [0, 0.1) is 11.8 Å². The van der Waals surface area contributed by atoms with Crippen LogP contribution in [0.1, 0.15) is 26.2 Å². The molecule has 0 radical (unpaired) electrons. The molecular weight excluding hydrogens is 207 g/mol. The van der Waals surface area contributed by atoms with Crippen molar-refractivity contribution in [2.45, 2.75) is 32.3 Å². The van der Waals surface area contributed by atoms with Gasteiger partial charge in [-0.25, -0.2) is 0 Å². The summed E-state index contributed by atoms with van der Waals surface area (Å²) in [6, 6.07) is 0. The molecule has 1 rings (SSSR count). The lowest BCUT2D eigenvalue weighted by Gasteiger charge is -1.98. The van der Waals surface area contributed by atoms with E-state index in [1.54, 1.807) is 0 Å². The molecule has 0 aromatic heterocycles. The van der Waals surface area contributed by atoms with Crippen molar-refractivity contribution in [1.29, 1.82) is 0 Å². The first kappa shape index (κ1) is 12.6. The summed E-state index contributed by atoms with van der Waals surface area (Å²) >= 11 is 0. The van der Waals surface area contributed by atoms with Gasteiger partial charge in [0.15, 0.2) is 0 Å². The van der Waals surface area contributed by atoms with Crippen LogP contribution in [0.15, 0.2) is 24.3 Å². The summed E-state index contributed by atoms with van der Waals surface area (Å²) in [5.74, 6) is 1.40. The van der Waals surface area contributed by atoms with Gasteiger partial charge >= 0.3 is 0 Å². The molecule has 0 heterocycles. The molecule has 0 N–H and O–H groups in total. The number of allylic oxidation sites excluding steroid dienone is 3. The largest absolute Gasteiger partial charge is 0.359 e. The monoisotopic (exact) mass is 226 g/mol. The van der Waals surface area contributed by atoms with E-state index in [2.05, 4.69) is 21.6 Å². The molecule has 0 spiro atoms. The molecule has 84 valence electrons. The van der Waals surface area contributed by atoms with Crippen molar-refractivity contribution >= 4 is 15.8 Å². The molecule has 0 amide bonds. The second-order valence-corrected chi connectivity index (χ2v) is 4.32. The molecule has 0 aromatic rings. The first-order chi connectivity index (χ1) is 7.27. The predicted molar refractivity (Wildman–Crippen MR) is 65.4 cm³/mol. The summed E-state index contributed by atoms with van der Waals surface area (Å²) in [4.78, 5) is 10.2. The van der Waals surface area contributed by atoms with Gasteiger partial charge in [-0.2, -0.15) is 0 Å². The van der Waals surface area contributed by atoms with Gasteiger partial charge < -0.3 is 9.32 Å². The Morgan fingerprint density at radius 3 is 2.80 bits per heavy atom. The first-order valence-electron chi connectivity index (χ1n) is 5.40. The van der Waals surface area contributed by atoms with Crippen LogP contribution in [0.3, 0.4) is 0 Å². The van der Waals surface area contributed by atoms with Crippen molar-refractivity contribution in [3.05, 3.63) is 24.3 Å². The Labute approximate surface area is 94.1 Å². The Morgan fingerprint density at radius 1 is 1.40 bits per heavy atom. The number of carbonyl (C=O) groups excluding carboxylic acids is 1. The summed E-state index contributed by atoms with van der Waals surface area (Å²) in [5.41, 5.74) is 0. The minimum absolute atomic E-state index is 0.142. The van der Waals surface area contributed by atoms with Crippen LogP contribution in [-0.4, -0.2) is 12.4 Å². The fourth-order valence-electron chi connectivity index (χ4n) is 1.61. The van der Waals surface area contributed by atoms with E-state index in [-0.39, 0.29) is 6.10 Å². The van der Waals surface area contributed by atoms with Crippen LogP contribution in [0.2, 0.25) is 0 Å². The van der Waals surface area contributed by atoms with Crippen molar-refractivity contribution in [2.24, 2.45) is 11.8 Å². The lowest BCUT2D eigenvalue weighted by molar-refractivity contribution is -0.108. The normalized spacial score (nSPS) is 27.3. The van der Waals surface area contributed by atoms with Gasteiger partial charge in [-0.15, -0.1) is 0 Å². The van der Waals surface area contributed by atoms with Crippen molar-refractivity contribution in [3.8, 4) is 0 Å². The van der Waals surface area contributed by atoms with Gasteiger partial charge in [-0.1, -0.05) is 24.3 Å². The molecule has 0 aromatic carbocycles. The second kappa shape index (κ2) is 6.92. The van der Waals surface area contributed by atoms with E-state index in [1.165, 1.54) is 6.42 Å². The summed E-state index contributed by atoms with van der Waals surface area (Å²) in [5, 5.41) is 0. The number of hydrogen-bond acceptors (Lipinski definition) is 2. The molecule has 1 aliphatic rings. The van der Waals surface area contributed by atoms with Crippen molar-refractivity contribution in [2.75, 3.05) is 0 Å². The number of aldehydes is 1. The average molecular weight is 226 g/mol. The Balaban J connectivity index is 2.08. The third-order valence-corrected chi connectivity index (χ3v) is 3.18. The molecule has 0 aliphatic heterocycles. The van der Waals surface area contributed by atoms with Gasteiger partial charge in [0, 0.05) is 15.9 Å². The van der Waals surface area contributed by atoms with Crippen LogP contribution in [0.4, 0.5) is 0 Å². The maximum atomic E-state index is 10.2. The van der Waals surface area contributed by atoms with E-state index in [1.807, 2.05) is 19.1 Å². The molecule has 0 bridgehead atoms. The molecular formula is C12H19O2P. The zero-order valence-electron chi connectivity index (χ0n) is 9.13. The Kier molecular flexibility index (Phi) is 5.82. The third kappa shape index (κ3) is 5.25. The number of rotatable bonds is 7. The van der Waals surface area contributed by atoms with Crippen molar-refractivity contribution < 1.29 is 9.32 Å². The Morgan fingerprint density at radius 2 is 2.13 bits per heavy atom. The van der Waals surface area contributed by atoms with Crippen LogP contribution in [0.5, 0.6) is 0 Å². The predicted octanol–water partition coefficient (Wildman–Crippen LogP) is 2.91. The maximum Gasteiger partial charge on any atom is 0.120 e. The molecule has 1 fully saturated rings. The van der Waals surface area contributed by atoms with Crippen LogP contribution >= 0.6 is 9.47 Å². The van der Waals surface area contributed by atoms with Crippen molar-refractivity contribution in [3.63, 3.8) is 0 Å². The van der Waals surface area contributed by atoms with Gasteiger partial charge in [0.1, 0.15) is 6.29 Å². The first-order valence-corrected chi connectivity index (χ1v) is 5.87. The topological polar surface area (TPSA) is 26.3 Å². The molecule has 1 aliphatic carbocycles. The van der Waals surface area contributed by atoms with Gasteiger partial charge in [-0.05, 0) is 31.6 Å². The quantitative estimate of drug-likeness (QED) is 0.379. The number of carbonyl (C=O) groups is 1. The smallest absolute Gasteiger partial charge is 0.120 e. The zero-order valence-corrected chi connectivity index (χ0v) is 10.3. The lowest BCUT2D eigenvalue weighted by Crippen LogP contribution is -1.93. The Bertz CT molecular complexity index is 248. The fourth-order valence-corrected chi connectivity index (χ4v) is 1.70. The van der Waals surface area contributed by atoms with Crippen LogP contribution in [-0.2, 0) is 9.32 Å². The van der Waals surface area contributed by atoms with Crippen molar-refractivity contribution in [1.82, 2.24) is 0 Å². The minimum atomic E-state index is 0.142. The van der Waals surface area contributed by atoms with Crippen LogP contribution < -0.4 is 0 Å². The van der Waals surface area contributed by atoms with E-state index in [0.29, 0.717) is 5.92 Å². The highest BCUT2D eigenvalue weighted by Crippen LogP contribution is 2.43. The highest BCUT2D eigenvalue weighted by molar-refractivity contribution is 7.09. The molecule has 1 saturated carbocycles. The van der Waals surface area contributed by atoms with Gasteiger partial charge in [0.2, 0.25) is 0 Å². The van der Waals surface area contributed by atoms with E-state index in [9.17, 15) is 4.79 Å². The Hall–Kier alpha value is -0.460. The summed E-state index contributed by atoms with van der Waals surface area (Å²) in [6.07, 6.45) is 12.5.